The second-order valence-electron chi connectivity index (χ2n) is 4.79. The molecule has 2 aromatic rings. The van der Waals surface area contributed by atoms with Crippen LogP contribution in [0.4, 0.5) is 0 Å². The quantitative estimate of drug-likeness (QED) is 0.920. The molecule has 3 nitrogen and oxygen atoms in total. The Hall–Kier alpha value is -1.65. The third-order valence-electron chi connectivity index (χ3n) is 3.37. The maximum atomic E-state index is 12.9. The van der Waals surface area contributed by atoms with E-state index in [1.165, 1.54) is 0 Å². The molecular formula is C16H19NO2S. The van der Waals surface area contributed by atoms with Gasteiger partial charge in [-0.15, -0.1) is 0 Å². The van der Waals surface area contributed by atoms with Gasteiger partial charge < -0.3 is 5.73 Å². The Balaban J connectivity index is 2.52. The maximum Gasteiger partial charge on any atom is 0.185 e. The molecule has 0 saturated carbocycles. The van der Waals surface area contributed by atoms with Crippen LogP contribution in [-0.2, 0) is 9.84 Å². The number of hydrogen-bond donors (Lipinski definition) is 1. The van der Waals surface area contributed by atoms with Crippen molar-refractivity contribution in [3.8, 4) is 0 Å². The molecule has 0 aromatic heterocycles. The first-order chi connectivity index (χ1) is 9.57. The molecule has 106 valence electrons. The summed E-state index contributed by atoms with van der Waals surface area (Å²) < 4.78 is 25.8. The molecule has 0 spiro atoms. The predicted octanol–water partition coefficient (Wildman–Crippen LogP) is 2.86. The standard InChI is InChI=1S/C16H19NO2S/c1-13-7-5-6-10-15(13)20(18,19)16(11-12-17)14-8-3-2-4-9-14/h2-10,16H,11-12,17H2,1H3. The fourth-order valence-electron chi connectivity index (χ4n) is 2.35. The van der Waals surface area contributed by atoms with E-state index < -0.39 is 15.1 Å². The maximum absolute atomic E-state index is 12.9. The Morgan fingerprint density at radius 3 is 2.20 bits per heavy atom. The molecule has 2 aromatic carbocycles. The molecule has 0 saturated heterocycles. The molecule has 0 bridgehead atoms. The number of benzene rings is 2. The van der Waals surface area contributed by atoms with Crippen molar-refractivity contribution >= 4 is 9.84 Å². The summed E-state index contributed by atoms with van der Waals surface area (Å²) >= 11 is 0. The molecule has 2 rings (SSSR count). The molecule has 1 atom stereocenters. The highest BCUT2D eigenvalue weighted by molar-refractivity contribution is 7.91. The van der Waals surface area contributed by atoms with Crippen molar-refractivity contribution in [2.75, 3.05) is 6.54 Å². The highest BCUT2D eigenvalue weighted by Crippen LogP contribution is 2.32. The first-order valence-electron chi connectivity index (χ1n) is 6.62. The largest absolute Gasteiger partial charge is 0.330 e. The van der Waals surface area contributed by atoms with E-state index in [4.69, 9.17) is 5.73 Å². The topological polar surface area (TPSA) is 60.2 Å². The van der Waals surface area contributed by atoms with E-state index in [1.54, 1.807) is 12.1 Å². The summed E-state index contributed by atoms with van der Waals surface area (Å²) in [6.07, 6.45) is 0.417. The minimum absolute atomic E-state index is 0.338. The van der Waals surface area contributed by atoms with Crippen LogP contribution in [-0.4, -0.2) is 15.0 Å². The first-order valence-corrected chi connectivity index (χ1v) is 8.16. The monoisotopic (exact) mass is 289 g/mol. The van der Waals surface area contributed by atoms with E-state index in [2.05, 4.69) is 0 Å². The summed E-state index contributed by atoms with van der Waals surface area (Å²) in [6.45, 7) is 2.15. The molecule has 0 heterocycles. The van der Waals surface area contributed by atoms with Crippen LogP contribution < -0.4 is 5.73 Å². The number of rotatable bonds is 5. The summed E-state index contributed by atoms with van der Waals surface area (Å²) in [7, 11) is -3.43. The van der Waals surface area contributed by atoms with Crippen molar-refractivity contribution in [2.24, 2.45) is 5.73 Å². The molecule has 0 aliphatic rings. The third-order valence-corrected chi connectivity index (χ3v) is 5.70. The summed E-state index contributed by atoms with van der Waals surface area (Å²) in [5.41, 5.74) is 7.18. The number of nitrogens with two attached hydrogens (primary N) is 1. The third kappa shape index (κ3) is 2.92. The molecule has 0 aliphatic carbocycles. The van der Waals surface area contributed by atoms with Gasteiger partial charge in [-0.1, -0.05) is 48.5 Å². The molecule has 2 N–H and O–H groups in total. The molecule has 0 aliphatic heterocycles. The lowest BCUT2D eigenvalue weighted by atomic mass is 10.1. The lowest BCUT2D eigenvalue weighted by molar-refractivity contribution is 0.575. The second-order valence-corrected chi connectivity index (χ2v) is 6.89. The number of sulfone groups is 1. The van der Waals surface area contributed by atoms with Gasteiger partial charge in [-0.25, -0.2) is 8.42 Å². The van der Waals surface area contributed by atoms with Crippen LogP contribution in [0.25, 0.3) is 0 Å². The lowest BCUT2D eigenvalue weighted by Gasteiger charge is -2.18. The fourth-order valence-corrected chi connectivity index (χ4v) is 4.40. The van der Waals surface area contributed by atoms with Crippen LogP contribution >= 0.6 is 0 Å². The molecule has 20 heavy (non-hydrogen) atoms. The Labute approximate surface area is 120 Å². The zero-order valence-electron chi connectivity index (χ0n) is 11.5. The van der Waals surface area contributed by atoms with Crippen molar-refractivity contribution in [3.05, 3.63) is 65.7 Å². The van der Waals surface area contributed by atoms with Crippen LogP contribution in [0, 0.1) is 6.92 Å². The summed E-state index contributed by atoms with van der Waals surface area (Å²) in [5, 5.41) is -0.588. The molecule has 0 radical (unpaired) electrons. The zero-order chi connectivity index (χ0) is 14.6. The van der Waals surface area contributed by atoms with E-state index in [0.717, 1.165) is 11.1 Å². The molecule has 0 amide bonds. The minimum Gasteiger partial charge on any atom is -0.330 e. The van der Waals surface area contributed by atoms with Gasteiger partial charge in [0.15, 0.2) is 9.84 Å². The summed E-state index contributed by atoms with van der Waals surface area (Å²) in [6, 6.07) is 16.3. The number of aryl methyl sites for hydroxylation is 1. The van der Waals surface area contributed by atoms with Crippen molar-refractivity contribution in [3.63, 3.8) is 0 Å². The van der Waals surface area contributed by atoms with Gasteiger partial charge in [0, 0.05) is 0 Å². The van der Waals surface area contributed by atoms with Crippen LogP contribution in [0.2, 0.25) is 0 Å². The Morgan fingerprint density at radius 1 is 1.00 bits per heavy atom. The number of hydrogen-bond acceptors (Lipinski definition) is 3. The van der Waals surface area contributed by atoms with Gasteiger partial charge in [-0.2, -0.15) is 0 Å². The van der Waals surface area contributed by atoms with Crippen molar-refractivity contribution in [1.29, 1.82) is 0 Å². The van der Waals surface area contributed by atoms with Crippen LogP contribution in [0.5, 0.6) is 0 Å². The van der Waals surface area contributed by atoms with Gasteiger partial charge >= 0.3 is 0 Å². The fraction of sp³-hybridized carbons (Fsp3) is 0.250. The second kappa shape index (κ2) is 6.20. The van der Waals surface area contributed by atoms with Gasteiger partial charge in [0.2, 0.25) is 0 Å². The van der Waals surface area contributed by atoms with Gasteiger partial charge in [0.25, 0.3) is 0 Å². The van der Waals surface area contributed by atoms with Gasteiger partial charge in [0.05, 0.1) is 10.1 Å². The molecule has 0 fully saturated rings. The van der Waals surface area contributed by atoms with Crippen molar-refractivity contribution in [2.45, 2.75) is 23.5 Å². The van der Waals surface area contributed by atoms with Crippen molar-refractivity contribution < 1.29 is 8.42 Å². The molecule has 4 heteroatoms. The van der Waals surface area contributed by atoms with Crippen LogP contribution in [0.15, 0.2) is 59.5 Å². The molecule has 1 unspecified atom stereocenters. The predicted molar refractivity (Wildman–Crippen MR) is 81.2 cm³/mol. The Morgan fingerprint density at radius 2 is 1.60 bits per heavy atom. The van der Waals surface area contributed by atoms with E-state index in [0.29, 0.717) is 17.9 Å². The molecular weight excluding hydrogens is 270 g/mol. The van der Waals surface area contributed by atoms with Crippen LogP contribution in [0.3, 0.4) is 0 Å². The summed E-state index contributed by atoms with van der Waals surface area (Å²) in [4.78, 5) is 0.391. The van der Waals surface area contributed by atoms with Crippen LogP contribution in [0.1, 0.15) is 22.8 Å². The smallest absolute Gasteiger partial charge is 0.185 e. The first kappa shape index (κ1) is 14.8. The summed E-state index contributed by atoms with van der Waals surface area (Å²) in [5.74, 6) is 0. The van der Waals surface area contributed by atoms with Gasteiger partial charge in [-0.05, 0) is 37.1 Å². The SMILES string of the molecule is Cc1ccccc1S(=O)(=O)C(CCN)c1ccccc1. The zero-order valence-corrected chi connectivity index (χ0v) is 12.3. The Kier molecular flexibility index (Phi) is 4.57. The average molecular weight is 289 g/mol. The highest BCUT2D eigenvalue weighted by Gasteiger charge is 2.29. The van der Waals surface area contributed by atoms with E-state index in [1.807, 2.05) is 49.4 Å². The lowest BCUT2D eigenvalue weighted by Crippen LogP contribution is -2.18. The van der Waals surface area contributed by atoms with E-state index in [9.17, 15) is 8.42 Å². The average Bonchev–Trinajstić information content (AvgIpc) is 2.45. The Bertz CT molecular complexity index is 666. The minimum atomic E-state index is -3.43. The van der Waals surface area contributed by atoms with Crippen molar-refractivity contribution in [1.82, 2.24) is 0 Å². The normalized spacial score (nSPS) is 13.1. The van der Waals surface area contributed by atoms with E-state index >= 15 is 0 Å². The van der Waals surface area contributed by atoms with Gasteiger partial charge in [0.1, 0.15) is 0 Å². The van der Waals surface area contributed by atoms with Gasteiger partial charge in [-0.3, -0.25) is 0 Å². The highest BCUT2D eigenvalue weighted by atomic mass is 32.2. The van der Waals surface area contributed by atoms with E-state index in [-0.39, 0.29) is 0 Å².